The van der Waals surface area contributed by atoms with Gasteiger partial charge in [-0.2, -0.15) is 0 Å². The van der Waals surface area contributed by atoms with Gasteiger partial charge in [-0.25, -0.2) is 4.79 Å². The first-order valence-corrected chi connectivity index (χ1v) is 7.61. The Bertz CT molecular complexity index is 548. The highest BCUT2D eigenvalue weighted by molar-refractivity contribution is 5.94. The van der Waals surface area contributed by atoms with Crippen molar-refractivity contribution in [3.05, 3.63) is 42.5 Å². The van der Waals surface area contributed by atoms with Crippen LogP contribution in [0.5, 0.6) is 5.75 Å². The Balaban J connectivity index is 1.82. The zero-order valence-corrected chi connectivity index (χ0v) is 13.3. The Morgan fingerprint density at radius 3 is 2.52 bits per heavy atom. The van der Waals surface area contributed by atoms with Crippen LogP contribution in [0, 0.1) is 0 Å². The van der Waals surface area contributed by atoms with E-state index in [1.807, 2.05) is 0 Å². The summed E-state index contributed by atoms with van der Waals surface area (Å²) >= 11 is 0. The van der Waals surface area contributed by atoms with Gasteiger partial charge in [-0.15, -0.1) is 0 Å². The molecule has 1 aliphatic heterocycles. The second-order valence-electron chi connectivity index (χ2n) is 5.33. The SMILES string of the molecule is C=CCOC(=O)NC1CCN(C(=O)c2ccc(OC)cc2)CC1. The van der Waals surface area contributed by atoms with E-state index in [1.54, 1.807) is 36.3 Å². The zero-order valence-electron chi connectivity index (χ0n) is 13.3. The maximum absolute atomic E-state index is 12.4. The molecule has 2 amide bonds. The number of hydrogen-bond donors (Lipinski definition) is 1. The number of carbonyl (C=O) groups is 2. The fraction of sp³-hybridized carbons (Fsp3) is 0.412. The molecule has 0 saturated carbocycles. The number of nitrogens with zero attached hydrogens (tertiary/aromatic N) is 1. The quantitative estimate of drug-likeness (QED) is 0.845. The number of amides is 2. The van der Waals surface area contributed by atoms with Gasteiger partial charge < -0.3 is 19.7 Å². The largest absolute Gasteiger partial charge is 0.497 e. The molecule has 2 rings (SSSR count). The fourth-order valence-corrected chi connectivity index (χ4v) is 2.49. The molecule has 23 heavy (non-hydrogen) atoms. The number of rotatable bonds is 5. The molecule has 124 valence electrons. The lowest BCUT2D eigenvalue weighted by molar-refractivity contribution is 0.0703. The standard InChI is InChI=1S/C17H22N2O4/c1-3-12-23-17(21)18-14-8-10-19(11-9-14)16(20)13-4-6-15(22-2)7-5-13/h3-7,14H,1,8-12H2,2H3,(H,18,21). The van der Waals surface area contributed by atoms with E-state index >= 15 is 0 Å². The van der Waals surface area contributed by atoms with Crippen molar-refractivity contribution in [1.82, 2.24) is 10.2 Å². The Kier molecular flexibility index (Phi) is 6.02. The van der Waals surface area contributed by atoms with Gasteiger partial charge in [0.1, 0.15) is 12.4 Å². The molecule has 0 aliphatic carbocycles. The molecule has 0 bridgehead atoms. The summed E-state index contributed by atoms with van der Waals surface area (Å²) in [6.07, 6.45) is 2.51. The van der Waals surface area contributed by atoms with Gasteiger partial charge in [0.25, 0.3) is 5.91 Å². The summed E-state index contributed by atoms with van der Waals surface area (Å²) in [4.78, 5) is 25.7. The van der Waals surface area contributed by atoms with Crippen molar-refractivity contribution in [1.29, 1.82) is 0 Å². The Labute approximate surface area is 136 Å². The molecule has 1 aliphatic rings. The second-order valence-corrected chi connectivity index (χ2v) is 5.33. The number of nitrogens with one attached hydrogen (secondary N) is 1. The number of piperidine rings is 1. The van der Waals surface area contributed by atoms with Crippen LogP contribution in [0.25, 0.3) is 0 Å². The maximum Gasteiger partial charge on any atom is 0.407 e. The fourth-order valence-electron chi connectivity index (χ4n) is 2.49. The zero-order chi connectivity index (χ0) is 16.7. The molecular weight excluding hydrogens is 296 g/mol. The number of carbonyl (C=O) groups excluding carboxylic acids is 2. The highest BCUT2D eigenvalue weighted by atomic mass is 16.5. The van der Waals surface area contributed by atoms with E-state index in [1.165, 1.54) is 6.08 Å². The van der Waals surface area contributed by atoms with Gasteiger partial charge in [0.2, 0.25) is 0 Å². The van der Waals surface area contributed by atoms with Gasteiger partial charge in [-0.05, 0) is 37.1 Å². The average Bonchev–Trinajstić information content (AvgIpc) is 2.60. The third-order valence-corrected chi connectivity index (χ3v) is 3.77. The van der Waals surface area contributed by atoms with E-state index in [0.29, 0.717) is 31.5 Å². The molecular formula is C17H22N2O4. The molecule has 6 heteroatoms. The molecule has 1 saturated heterocycles. The van der Waals surface area contributed by atoms with Gasteiger partial charge in [0.05, 0.1) is 7.11 Å². The monoisotopic (exact) mass is 318 g/mol. The van der Waals surface area contributed by atoms with Crippen molar-refractivity contribution in [2.45, 2.75) is 18.9 Å². The van der Waals surface area contributed by atoms with Crippen molar-refractivity contribution in [2.24, 2.45) is 0 Å². The van der Waals surface area contributed by atoms with Crippen LogP contribution in [0.2, 0.25) is 0 Å². The number of benzene rings is 1. The molecule has 0 aromatic heterocycles. The Morgan fingerprint density at radius 2 is 1.96 bits per heavy atom. The Hall–Kier alpha value is -2.50. The number of ether oxygens (including phenoxy) is 2. The van der Waals surface area contributed by atoms with Crippen LogP contribution in [0.3, 0.4) is 0 Å². The lowest BCUT2D eigenvalue weighted by Crippen LogP contribution is -2.46. The Morgan fingerprint density at radius 1 is 1.30 bits per heavy atom. The molecule has 1 aromatic rings. The van der Waals surface area contributed by atoms with Gasteiger partial charge in [-0.3, -0.25) is 4.79 Å². The predicted molar refractivity (Wildman–Crippen MR) is 86.6 cm³/mol. The summed E-state index contributed by atoms with van der Waals surface area (Å²) in [6, 6.07) is 7.11. The topological polar surface area (TPSA) is 67.9 Å². The lowest BCUT2D eigenvalue weighted by atomic mass is 10.0. The molecule has 0 spiro atoms. The second kappa shape index (κ2) is 8.22. The molecule has 6 nitrogen and oxygen atoms in total. The highest BCUT2D eigenvalue weighted by Gasteiger charge is 2.24. The molecule has 1 aromatic carbocycles. The summed E-state index contributed by atoms with van der Waals surface area (Å²) in [5, 5.41) is 2.80. The van der Waals surface area contributed by atoms with E-state index in [-0.39, 0.29) is 18.6 Å². The van der Waals surface area contributed by atoms with Crippen LogP contribution in [-0.2, 0) is 4.74 Å². The molecule has 1 heterocycles. The number of hydrogen-bond acceptors (Lipinski definition) is 4. The van der Waals surface area contributed by atoms with Crippen molar-refractivity contribution < 1.29 is 19.1 Å². The molecule has 0 radical (unpaired) electrons. The summed E-state index contributed by atoms with van der Waals surface area (Å²) in [6.45, 7) is 4.90. The van der Waals surface area contributed by atoms with E-state index in [0.717, 1.165) is 5.75 Å². The van der Waals surface area contributed by atoms with Crippen molar-refractivity contribution in [3.63, 3.8) is 0 Å². The van der Waals surface area contributed by atoms with Crippen molar-refractivity contribution in [3.8, 4) is 5.75 Å². The summed E-state index contributed by atoms with van der Waals surface area (Å²) < 4.78 is 9.99. The maximum atomic E-state index is 12.4. The first kappa shape index (κ1) is 16.9. The summed E-state index contributed by atoms with van der Waals surface area (Å²) in [7, 11) is 1.59. The van der Waals surface area contributed by atoms with Crippen LogP contribution < -0.4 is 10.1 Å². The third-order valence-electron chi connectivity index (χ3n) is 3.77. The van der Waals surface area contributed by atoms with Crippen molar-refractivity contribution in [2.75, 3.05) is 26.8 Å². The molecule has 1 N–H and O–H groups in total. The first-order valence-electron chi connectivity index (χ1n) is 7.61. The molecule has 1 fully saturated rings. The van der Waals surface area contributed by atoms with E-state index in [9.17, 15) is 9.59 Å². The minimum absolute atomic E-state index is 0.000312. The molecule has 0 atom stereocenters. The smallest absolute Gasteiger partial charge is 0.407 e. The van der Waals surface area contributed by atoms with Gasteiger partial charge >= 0.3 is 6.09 Å². The number of alkyl carbamates (subject to hydrolysis) is 1. The van der Waals surface area contributed by atoms with Crippen LogP contribution in [0.1, 0.15) is 23.2 Å². The number of likely N-dealkylation sites (tertiary alicyclic amines) is 1. The van der Waals surface area contributed by atoms with Gasteiger partial charge in [0, 0.05) is 24.7 Å². The normalized spacial score (nSPS) is 14.9. The first-order chi connectivity index (χ1) is 11.1. The molecule has 0 unspecified atom stereocenters. The highest BCUT2D eigenvalue weighted by Crippen LogP contribution is 2.17. The van der Waals surface area contributed by atoms with E-state index < -0.39 is 6.09 Å². The minimum Gasteiger partial charge on any atom is -0.497 e. The van der Waals surface area contributed by atoms with Crippen LogP contribution >= 0.6 is 0 Å². The van der Waals surface area contributed by atoms with Gasteiger partial charge in [-0.1, -0.05) is 12.7 Å². The predicted octanol–water partition coefficient (Wildman–Crippen LogP) is 2.21. The minimum atomic E-state index is -0.440. The van der Waals surface area contributed by atoms with Gasteiger partial charge in [0.15, 0.2) is 0 Å². The number of methoxy groups -OCH3 is 1. The van der Waals surface area contributed by atoms with Crippen LogP contribution in [0.15, 0.2) is 36.9 Å². The summed E-state index contributed by atoms with van der Waals surface area (Å²) in [5.74, 6) is 0.725. The average molecular weight is 318 g/mol. The summed E-state index contributed by atoms with van der Waals surface area (Å²) in [5.41, 5.74) is 0.641. The van der Waals surface area contributed by atoms with Crippen molar-refractivity contribution >= 4 is 12.0 Å². The van der Waals surface area contributed by atoms with Crippen LogP contribution in [-0.4, -0.2) is 49.7 Å². The van der Waals surface area contributed by atoms with E-state index in [4.69, 9.17) is 9.47 Å². The lowest BCUT2D eigenvalue weighted by Gasteiger charge is -2.32. The van der Waals surface area contributed by atoms with E-state index in [2.05, 4.69) is 11.9 Å². The van der Waals surface area contributed by atoms with Crippen LogP contribution in [0.4, 0.5) is 4.79 Å². The third kappa shape index (κ3) is 4.74.